The van der Waals surface area contributed by atoms with E-state index < -0.39 is 5.60 Å². The Bertz CT molecular complexity index is 470. The van der Waals surface area contributed by atoms with E-state index in [-0.39, 0.29) is 5.97 Å². The van der Waals surface area contributed by atoms with Crippen molar-refractivity contribution in [2.24, 2.45) is 0 Å². The van der Waals surface area contributed by atoms with Crippen LogP contribution in [0.5, 0.6) is 11.5 Å². The number of carbonyl (C=O) groups excluding carboxylic acids is 1. The molecule has 0 heterocycles. The lowest BCUT2D eigenvalue weighted by molar-refractivity contribution is -0.148. The number of hydrogen-bond acceptors (Lipinski definition) is 4. The summed E-state index contributed by atoms with van der Waals surface area (Å²) in [6.07, 6.45) is 3.07. The Morgan fingerprint density at radius 2 is 1.74 bits per heavy atom. The van der Waals surface area contributed by atoms with Gasteiger partial charge in [-0.1, -0.05) is 6.07 Å². The number of esters is 1. The van der Waals surface area contributed by atoms with E-state index in [0.717, 1.165) is 5.56 Å². The van der Waals surface area contributed by atoms with Gasteiger partial charge in [-0.05, 0) is 44.5 Å². The molecule has 0 radical (unpaired) electrons. The van der Waals surface area contributed by atoms with Crippen molar-refractivity contribution in [1.29, 1.82) is 0 Å². The third-order valence-electron chi connectivity index (χ3n) is 2.23. The third-order valence-corrected chi connectivity index (χ3v) is 2.23. The van der Waals surface area contributed by atoms with Crippen molar-refractivity contribution in [3.63, 3.8) is 0 Å². The molecular formula is C15H20O4. The molecule has 0 aromatic heterocycles. The molecule has 0 spiro atoms. The van der Waals surface area contributed by atoms with E-state index in [1.165, 1.54) is 6.08 Å². The average molecular weight is 264 g/mol. The van der Waals surface area contributed by atoms with Crippen LogP contribution in [-0.4, -0.2) is 25.8 Å². The molecule has 0 unspecified atom stereocenters. The van der Waals surface area contributed by atoms with E-state index in [9.17, 15) is 4.79 Å². The van der Waals surface area contributed by atoms with Gasteiger partial charge in [0.25, 0.3) is 0 Å². The number of hydrogen-bond donors (Lipinski definition) is 0. The highest BCUT2D eigenvalue weighted by atomic mass is 16.6. The Hall–Kier alpha value is -1.97. The summed E-state index contributed by atoms with van der Waals surface area (Å²) in [5.74, 6) is 0.896. The number of carbonyl (C=O) groups is 1. The van der Waals surface area contributed by atoms with Crippen LogP contribution in [-0.2, 0) is 9.53 Å². The van der Waals surface area contributed by atoms with Crippen LogP contribution in [0.25, 0.3) is 6.08 Å². The zero-order valence-corrected chi connectivity index (χ0v) is 12.0. The van der Waals surface area contributed by atoms with Gasteiger partial charge in [0.2, 0.25) is 0 Å². The summed E-state index contributed by atoms with van der Waals surface area (Å²) in [5.41, 5.74) is 0.350. The first kappa shape index (κ1) is 15.1. The van der Waals surface area contributed by atoms with Gasteiger partial charge in [0.15, 0.2) is 11.5 Å². The first-order chi connectivity index (χ1) is 8.85. The van der Waals surface area contributed by atoms with Gasteiger partial charge in [0.05, 0.1) is 14.2 Å². The monoisotopic (exact) mass is 264 g/mol. The maximum absolute atomic E-state index is 11.5. The van der Waals surface area contributed by atoms with Crippen molar-refractivity contribution >= 4 is 12.0 Å². The number of rotatable bonds is 4. The van der Waals surface area contributed by atoms with E-state index in [2.05, 4.69) is 0 Å². The summed E-state index contributed by atoms with van der Waals surface area (Å²) < 4.78 is 15.5. The lowest BCUT2D eigenvalue weighted by atomic mass is 10.2. The zero-order valence-electron chi connectivity index (χ0n) is 12.0. The molecule has 1 aromatic carbocycles. The Balaban J connectivity index is 2.80. The Kier molecular flexibility index (Phi) is 4.98. The first-order valence-corrected chi connectivity index (χ1v) is 5.99. The second-order valence-corrected chi connectivity index (χ2v) is 4.98. The SMILES string of the molecule is COc1ccc(C=CC(=O)OC(C)(C)C)cc1OC. The average Bonchev–Trinajstić information content (AvgIpc) is 2.33. The standard InChI is InChI=1S/C15H20O4/c1-15(2,3)19-14(16)9-7-11-6-8-12(17-4)13(10-11)18-5/h6-10H,1-5H3. The van der Waals surface area contributed by atoms with Crippen LogP contribution in [0.3, 0.4) is 0 Å². The fraction of sp³-hybridized carbons (Fsp3) is 0.400. The minimum absolute atomic E-state index is 0.373. The molecular weight excluding hydrogens is 244 g/mol. The minimum Gasteiger partial charge on any atom is -0.493 e. The largest absolute Gasteiger partial charge is 0.493 e. The van der Waals surface area contributed by atoms with Crippen molar-refractivity contribution in [1.82, 2.24) is 0 Å². The summed E-state index contributed by atoms with van der Waals surface area (Å²) in [4.78, 5) is 11.5. The van der Waals surface area contributed by atoms with E-state index in [4.69, 9.17) is 14.2 Å². The predicted octanol–water partition coefficient (Wildman–Crippen LogP) is 3.06. The number of ether oxygens (including phenoxy) is 3. The van der Waals surface area contributed by atoms with Crippen molar-refractivity contribution in [3.8, 4) is 11.5 Å². The Labute approximate surface area is 114 Å². The molecule has 1 aromatic rings. The maximum atomic E-state index is 11.5. The van der Waals surface area contributed by atoms with Crippen LogP contribution in [0.1, 0.15) is 26.3 Å². The van der Waals surface area contributed by atoms with E-state index in [1.54, 1.807) is 32.4 Å². The summed E-state index contributed by atoms with van der Waals surface area (Å²) >= 11 is 0. The molecule has 0 bridgehead atoms. The van der Waals surface area contributed by atoms with Crippen LogP contribution in [0.4, 0.5) is 0 Å². The Morgan fingerprint density at radius 1 is 1.11 bits per heavy atom. The molecule has 0 saturated heterocycles. The molecule has 0 saturated carbocycles. The molecule has 1 rings (SSSR count). The van der Waals surface area contributed by atoms with Crippen LogP contribution >= 0.6 is 0 Å². The lowest BCUT2D eigenvalue weighted by Gasteiger charge is -2.17. The Morgan fingerprint density at radius 3 is 2.26 bits per heavy atom. The van der Waals surface area contributed by atoms with Crippen molar-refractivity contribution in [2.75, 3.05) is 14.2 Å². The highest BCUT2D eigenvalue weighted by molar-refractivity contribution is 5.87. The summed E-state index contributed by atoms with van der Waals surface area (Å²) in [5, 5.41) is 0. The second-order valence-electron chi connectivity index (χ2n) is 4.98. The molecule has 4 heteroatoms. The van der Waals surface area contributed by atoms with E-state index >= 15 is 0 Å². The first-order valence-electron chi connectivity index (χ1n) is 5.99. The molecule has 19 heavy (non-hydrogen) atoms. The minimum atomic E-state index is -0.487. The van der Waals surface area contributed by atoms with Gasteiger partial charge in [-0.2, -0.15) is 0 Å². The van der Waals surface area contributed by atoms with Gasteiger partial charge in [-0.3, -0.25) is 0 Å². The zero-order chi connectivity index (χ0) is 14.5. The van der Waals surface area contributed by atoms with Gasteiger partial charge >= 0.3 is 5.97 Å². The molecule has 4 nitrogen and oxygen atoms in total. The van der Waals surface area contributed by atoms with Crippen LogP contribution in [0.15, 0.2) is 24.3 Å². The molecule has 0 aliphatic rings. The van der Waals surface area contributed by atoms with Gasteiger partial charge in [0.1, 0.15) is 5.60 Å². The van der Waals surface area contributed by atoms with Crippen molar-refractivity contribution < 1.29 is 19.0 Å². The van der Waals surface area contributed by atoms with Crippen LogP contribution in [0.2, 0.25) is 0 Å². The summed E-state index contributed by atoms with van der Waals surface area (Å²) in [6, 6.07) is 5.41. The fourth-order valence-electron chi connectivity index (χ4n) is 1.46. The molecule has 0 fully saturated rings. The third kappa shape index (κ3) is 5.04. The lowest BCUT2D eigenvalue weighted by Crippen LogP contribution is -2.22. The molecule has 104 valence electrons. The molecule has 0 atom stereocenters. The van der Waals surface area contributed by atoms with Gasteiger partial charge in [-0.25, -0.2) is 4.79 Å². The predicted molar refractivity (Wildman–Crippen MR) is 74.4 cm³/mol. The van der Waals surface area contributed by atoms with E-state index in [0.29, 0.717) is 11.5 Å². The summed E-state index contributed by atoms with van der Waals surface area (Å²) in [7, 11) is 3.15. The second kappa shape index (κ2) is 6.27. The number of benzene rings is 1. The van der Waals surface area contributed by atoms with Crippen molar-refractivity contribution in [3.05, 3.63) is 29.8 Å². The highest BCUT2D eigenvalue weighted by Gasteiger charge is 2.13. The maximum Gasteiger partial charge on any atom is 0.331 e. The number of methoxy groups -OCH3 is 2. The van der Waals surface area contributed by atoms with Crippen LogP contribution < -0.4 is 9.47 Å². The van der Waals surface area contributed by atoms with E-state index in [1.807, 2.05) is 26.8 Å². The van der Waals surface area contributed by atoms with Crippen LogP contribution in [0, 0.1) is 0 Å². The van der Waals surface area contributed by atoms with Gasteiger partial charge in [0, 0.05) is 6.08 Å². The van der Waals surface area contributed by atoms with Gasteiger partial charge in [-0.15, -0.1) is 0 Å². The topological polar surface area (TPSA) is 44.8 Å². The van der Waals surface area contributed by atoms with Gasteiger partial charge < -0.3 is 14.2 Å². The summed E-state index contributed by atoms with van der Waals surface area (Å²) in [6.45, 7) is 5.49. The quantitative estimate of drug-likeness (QED) is 0.619. The molecule has 0 aliphatic heterocycles. The van der Waals surface area contributed by atoms with Crippen molar-refractivity contribution in [2.45, 2.75) is 26.4 Å². The molecule has 0 N–H and O–H groups in total. The highest BCUT2D eigenvalue weighted by Crippen LogP contribution is 2.27. The fourth-order valence-corrected chi connectivity index (χ4v) is 1.46. The normalized spacial score (nSPS) is 11.4. The molecule has 0 amide bonds. The smallest absolute Gasteiger partial charge is 0.331 e. The molecule has 0 aliphatic carbocycles.